The molecule has 0 spiro atoms. The molecule has 1 saturated carbocycles. The first-order valence-corrected chi connectivity index (χ1v) is 12.9. The number of benzene rings is 1. The Morgan fingerprint density at radius 1 is 1.19 bits per heavy atom. The van der Waals surface area contributed by atoms with Crippen molar-refractivity contribution >= 4 is 11.8 Å². The Bertz CT molecular complexity index is 1000. The van der Waals surface area contributed by atoms with Gasteiger partial charge in [-0.15, -0.1) is 0 Å². The largest absolute Gasteiger partial charge is 0.493 e. The molecule has 0 aromatic heterocycles. The number of aliphatic hydroxyl groups is 3. The van der Waals surface area contributed by atoms with E-state index in [4.69, 9.17) is 9.47 Å². The highest BCUT2D eigenvalue weighted by atomic mass is 16.5. The first kappa shape index (κ1) is 26.4. The molecule has 36 heavy (non-hydrogen) atoms. The molecule has 4 unspecified atom stereocenters. The van der Waals surface area contributed by atoms with Gasteiger partial charge in [-0.1, -0.05) is 33.1 Å². The molecular weight excluding hydrogens is 464 g/mol. The molecule has 0 radical (unpaired) electrons. The average Bonchev–Trinajstić information content (AvgIpc) is 3.28. The molecule has 1 aromatic rings. The molecule has 4 rings (SSSR count). The van der Waals surface area contributed by atoms with E-state index in [0.29, 0.717) is 28.2 Å². The van der Waals surface area contributed by atoms with Gasteiger partial charge in [0.15, 0.2) is 11.5 Å². The van der Waals surface area contributed by atoms with Crippen LogP contribution in [-0.2, 0) is 16.2 Å². The van der Waals surface area contributed by atoms with Crippen LogP contribution in [0.25, 0.3) is 0 Å². The number of nitrogens with one attached hydrogen (secondary N) is 1. The Labute approximate surface area is 212 Å². The van der Waals surface area contributed by atoms with Gasteiger partial charge in [-0.3, -0.25) is 9.59 Å². The van der Waals surface area contributed by atoms with Crippen molar-refractivity contribution in [2.75, 3.05) is 20.3 Å². The minimum absolute atomic E-state index is 0.0258. The maximum absolute atomic E-state index is 13.5. The first-order valence-electron chi connectivity index (χ1n) is 12.9. The van der Waals surface area contributed by atoms with Gasteiger partial charge in [0.1, 0.15) is 12.2 Å². The molecule has 2 aliphatic carbocycles. The lowest BCUT2D eigenvalue weighted by Gasteiger charge is -2.45. The van der Waals surface area contributed by atoms with Gasteiger partial charge < -0.3 is 35.0 Å². The maximum Gasteiger partial charge on any atom is 0.247 e. The lowest BCUT2D eigenvalue weighted by molar-refractivity contribution is -0.144. The normalized spacial score (nSPS) is 25.5. The van der Waals surface area contributed by atoms with Crippen molar-refractivity contribution in [2.45, 2.75) is 82.8 Å². The highest BCUT2D eigenvalue weighted by Gasteiger charge is 2.52. The van der Waals surface area contributed by atoms with Crippen LogP contribution in [0.4, 0.5) is 0 Å². The summed E-state index contributed by atoms with van der Waals surface area (Å²) in [5.74, 6) is -0.511. The quantitative estimate of drug-likeness (QED) is 0.425. The maximum atomic E-state index is 13.5. The second kappa shape index (κ2) is 11.2. The Kier molecular flexibility index (Phi) is 8.22. The number of amides is 2. The van der Waals surface area contributed by atoms with Crippen molar-refractivity contribution in [1.29, 1.82) is 0 Å². The van der Waals surface area contributed by atoms with Crippen molar-refractivity contribution in [3.8, 4) is 11.5 Å². The lowest BCUT2D eigenvalue weighted by atomic mass is 9.76. The van der Waals surface area contributed by atoms with Crippen molar-refractivity contribution in [3.63, 3.8) is 0 Å². The molecule has 9 nitrogen and oxygen atoms in total. The summed E-state index contributed by atoms with van der Waals surface area (Å²) >= 11 is 0. The van der Waals surface area contributed by atoms with E-state index in [-0.39, 0.29) is 43.5 Å². The monoisotopic (exact) mass is 502 g/mol. The third kappa shape index (κ3) is 4.84. The second-order valence-corrected chi connectivity index (χ2v) is 10.2. The highest BCUT2D eigenvalue weighted by molar-refractivity contribution is 5.96. The van der Waals surface area contributed by atoms with Crippen LogP contribution in [0.15, 0.2) is 23.8 Å². The van der Waals surface area contributed by atoms with E-state index < -0.39 is 24.2 Å². The zero-order valence-corrected chi connectivity index (χ0v) is 21.3. The molecule has 198 valence electrons. The van der Waals surface area contributed by atoms with Gasteiger partial charge in [-0.05, 0) is 36.6 Å². The fourth-order valence-corrected chi connectivity index (χ4v) is 5.82. The number of fused-ring (bicyclic) bond motifs is 3. The first-order chi connectivity index (χ1) is 17.3. The van der Waals surface area contributed by atoms with Crippen molar-refractivity contribution in [2.24, 2.45) is 5.92 Å². The molecule has 1 heterocycles. The number of carbonyl (C=O) groups excluding carboxylic acids is 2. The molecular formula is C27H38N2O7. The van der Waals surface area contributed by atoms with Crippen LogP contribution in [0.1, 0.15) is 63.0 Å². The van der Waals surface area contributed by atoms with Crippen molar-refractivity contribution in [1.82, 2.24) is 10.2 Å². The van der Waals surface area contributed by atoms with Crippen LogP contribution >= 0.6 is 0 Å². The number of methoxy groups -OCH3 is 1. The number of aliphatic hydroxyl groups excluding tert-OH is 3. The van der Waals surface area contributed by atoms with Crippen LogP contribution in [0, 0.1) is 5.92 Å². The number of ether oxygens (including phenoxy) is 2. The van der Waals surface area contributed by atoms with Crippen LogP contribution in [0.2, 0.25) is 0 Å². The minimum Gasteiger partial charge on any atom is -0.493 e. The van der Waals surface area contributed by atoms with Crippen molar-refractivity contribution < 1.29 is 34.4 Å². The van der Waals surface area contributed by atoms with E-state index in [1.165, 1.54) is 7.11 Å². The SMILES string of the molecule is COc1cc(CO)cc2c1OC1C2C(C(=O)NCCO)=CC(N(C(=O)C(C)C)C2CCCCC2)C1O. The van der Waals surface area contributed by atoms with Gasteiger partial charge in [0.05, 0.1) is 32.3 Å². The van der Waals surface area contributed by atoms with E-state index in [1.54, 1.807) is 23.1 Å². The van der Waals surface area contributed by atoms with Crippen molar-refractivity contribution in [3.05, 3.63) is 34.9 Å². The van der Waals surface area contributed by atoms with E-state index >= 15 is 0 Å². The summed E-state index contributed by atoms with van der Waals surface area (Å²) in [7, 11) is 1.50. The van der Waals surface area contributed by atoms with Crippen LogP contribution in [0.5, 0.6) is 11.5 Å². The molecule has 0 saturated heterocycles. The van der Waals surface area contributed by atoms with Crippen LogP contribution in [0.3, 0.4) is 0 Å². The van der Waals surface area contributed by atoms with Crippen LogP contribution < -0.4 is 14.8 Å². The number of hydrogen-bond donors (Lipinski definition) is 4. The molecule has 1 fully saturated rings. The number of rotatable bonds is 8. The average molecular weight is 503 g/mol. The molecule has 2 amide bonds. The van der Waals surface area contributed by atoms with Crippen LogP contribution in [-0.4, -0.2) is 76.6 Å². The molecule has 0 bridgehead atoms. The van der Waals surface area contributed by atoms with E-state index in [2.05, 4.69) is 5.32 Å². The predicted molar refractivity (Wildman–Crippen MR) is 133 cm³/mol. The van der Waals surface area contributed by atoms with E-state index in [0.717, 1.165) is 32.1 Å². The third-order valence-corrected chi connectivity index (χ3v) is 7.53. The summed E-state index contributed by atoms with van der Waals surface area (Å²) in [4.78, 5) is 28.6. The summed E-state index contributed by atoms with van der Waals surface area (Å²) in [6.07, 6.45) is 4.66. The summed E-state index contributed by atoms with van der Waals surface area (Å²) in [6.45, 7) is 3.33. The Morgan fingerprint density at radius 3 is 2.53 bits per heavy atom. The molecule has 1 aromatic carbocycles. The zero-order chi connectivity index (χ0) is 26.0. The minimum atomic E-state index is -1.08. The summed E-state index contributed by atoms with van der Waals surface area (Å²) in [5.41, 5.74) is 1.61. The molecule has 4 N–H and O–H groups in total. The number of nitrogens with zero attached hydrogens (tertiary/aromatic N) is 1. The smallest absolute Gasteiger partial charge is 0.247 e. The van der Waals surface area contributed by atoms with Gasteiger partial charge >= 0.3 is 0 Å². The zero-order valence-electron chi connectivity index (χ0n) is 21.3. The van der Waals surface area contributed by atoms with Gasteiger partial charge in [0.25, 0.3) is 0 Å². The van der Waals surface area contributed by atoms with E-state index in [9.17, 15) is 24.9 Å². The number of carbonyl (C=O) groups is 2. The molecule has 3 aliphatic rings. The summed E-state index contributed by atoms with van der Waals surface area (Å²) in [5, 5.41) is 33.5. The summed E-state index contributed by atoms with van der Waals surface area (Å²) in [6, 6.07) is 2.67. The predicted octanol–water partition coefficient (Wildman–Crippen LogP) is 1.63. The third-order valence-electron chi connectivity index (χ3n) is 7.53. The fraction of sp³-hybridized carbons (Fsp3) is 0.630. The molecule has 1 aliphatic heterocycles. The van der Waals surface area contributed by atoms with Gasteiger partial charge in [0.2, 0.25) is 11.8 Å². The van der Waals surface area contributed by atoms with Gasteiger partial charge in [0, 0.05) is 29.6 Å². The topological polar surface area (TPSA) is 129 Å². The van der Waals surface area contributed by atoms with Gasteiger partial charge in [-0.2, -0.15) is 0 Å². The highest BCUT2D eigenvalue weighted by Crippen LogP contribution is 2.51. The Morgan fingerprint density at radius 2 is 1.92 bits per heavy atom. The molecule has 9 heteroatoms. The molecule has 4 atom stereocenters. The summed E-state index contributed by atoms with van der Waals surface area (Å²) < 4.78 is 11.8. The fourth-order valence-electron chi connectivity index (χ4n) is 5.82. The second-order valence-electron chi connectivity index (χ2n) is 10.2. The lowest BCUT2D eigenvalue weighted by Crippen LogP contribution is -2.59. The van der Waals surface area contributed by atoms with E-state index in [1.807, 2.05) is 13.8 Å². The Hall–Kier alpha value is -2.62. The van der Waals surface area contributed by atoms with Gasteiger partial charge in [-0.25, -0.2) is 0 Å². The Balaban J connectivity index is 1.82. The number of hydrogen-bond acceptors (Lipinski definition) is 7. The standard InChI is InChI=1S/C27H38N2O7/c1-15(2)27(34)29(17-7-5-4-6-8-17)20-13-19(26(33)28-9-10-30)22-18-11-16(14-31)12-21(35-3)24(18)36-25(22)23(20)32/h11-13,15,17,20,22-23,25,30-32H,4-10,14H2,1-3H3,(H,28,33).